The van der Waals surface area contributed by atoms with E-state index in [-0.39, 0.29) is 11.9 Å². The van der Waals surface area contributed by atoms with E-state index in [2.05, 4.69) is 0 Å². The Morgan fingerprint density at radius 3 is 2.60 bits per heavy atom. The molecule has 86 valence electrons. The standard InChI is InChI=1S/C11H20N2O2/c1-3-15-10-8-4-9(10)6-13(5-8)11(14)7(2)12/h7-10H,3-6,12H2,1-2H3/t7-,8+,9+/m1/s1. The van der Waals surface area contributed by atoms with Gasteiger partial charge in [0.05, 0.1) is 12.1 Å². The predicted octanol–water partition coefficient (Wildman–Crippen LogP) is 0.217. The van der Waals surface area contributed by atoms with Crippen LogP contribution in [0, 0.1) is 11.8 Å². The van der Waals surface area contributed by atoms with Crippen LogP contribution in [0.1, 0.15) is 20.3 Å². The Morgan fingerprint density at radius 2 is 2.13 bits per heavy atom. The summed E-state index contributed by atoms with van der Waals surface area (Å²) in [5, 5.41) is 0. The average Bonchev–Trinajstić information content (AvgIpc) is 2.24. The normalized spacial score (nSPS) is 35.9. The van der Waals surface area contributed by atoms with Crippen molar-refractivity contribution in [3.8, 4) is 0 Å². The lowest BCUT2D eigenvalue weighted by Crippen LogP contribution is -2.62. The zero-order chi connectivity index (χ0) is 11.0. The van der Waals surface area contributed by atoms with Crippen molar-refractivity contribution in [2.24, 2.45) is 17.6 Å². The molecule has 0 radical (unpaired) electrons. The number of piperidine rings is 2. The maximum atomic E-state index is 11.7. The molecule has 2 saturated heterocycles. The van der Waals surface area contributed by atoms with Crippen LogP contribution in [0.15, 0.2) is 0 Å². The zero-order valence-corrected chi connectivity index (χ0v) is 9.48. The van der Waals surface area contributed by atoms with Crippen LogP contribution in [0.5, 0.6) is 0 Å². The number of amides is 1. The van der Waals surface area contributed by atoms with E-state index in [1.54, 1.807) is 6.92 Å². The number of nitrogens with two attached hydrogens (primary N) is 1. The Morgan fingerprint density at radius 1 is 1.53 bits per heavy atom. The highest BCUT2D eigenvalue weighted by molar-refractivity contribution is 5.81. The third-order valence-electron chi connectivity index (χ3n) is 3.50. The Bertz CT molecular complexity index is 243. The first-order chi connectivity index (χ1) is 7.13. The molecule has 3 fully saturated rings. The van der Waals surface area contributed by atoms with Gasteiger partial charge in [0.25, 0.3) is 0 Å². The summed E-state index contributed by atoms with van der Waals surface area (Å²) in [4.78, 5) is 13.6. The van der Waals surface area contributed by atoms with Crippen LogP contribution >= 0.6 is 0 Å². The van der Waals surface area contributed by atoms with Crippen molar-refractivity contribution in [1.29, 1.82) is 0 Å². The molecule has 0 aromatic rings. The second-order valence-corrected chi connectivity index (χ2v) is 4.71. The molecular weight excluding hydrogens is 192 g/mol. The van der Waals surface area contributed by atoms with Gasteiger partial charge < -0.3 is 15.4 Å². The molecule has 0 spiro atoms. The maximum Gasteiger partial charge on any atom is 0.239 e. The smallest absolute Gasteiger partial charge is 0.239 e. The minimum atomic E-state index is -0.368. The van der Waals surface area contributed by atoms with Gasteiger partial charge in [0.2, 0.25) is 5.91 Å². The minimum absolute atomic E-state index is 0.0830. The maximum absolute atomic E-state index is 11.7. The molecule has 2 aliphatic heterocycles. The molecule has 3 aliphatic rings. The van der Waals surface area contributed by atoms with E-state index in [1.807, 2.05) is 11.8 Å². The molecule has 1 saturated carbocycles. The summed E-state index contributed by atoms with van der Waals surface area (Å²) in [5.74, 6) is 1.18. The fourth-order valence-corrected chi connectivity index (χ4v) is 2.78. The largest absolute Gasteiger partial charge is 0.378 e. The zero-order valence-electron chi connectivity index (χ0n) is 9.48. The lowest BCUT2D eigenvalue weighted by molar-refractivity contribution is -0.161. The summed E-state index contributed by atoms with van der Waals surface area (Å²) in [7, 11) is 0. The van der Waals surface area contributed by atoms with Crippen molar-refractivity contribution in [3.05, 3.63) is 0 Å². The topological polar surface area (TPSA) is 55.6 Å². The van der Waals surface area contributed by atoms with Gasteiger partial charge in [0, 0.05) is 31.5 Å². The van der Waals surface area contributed by atoms with Crippen molar-refractivity contribution in [2.45, 2.75) is 32.4 Å². The third kappa shape index (κ3) is 1.88. The lowest BCUT2D eigenvalue weighted by atomic mass is 9.68. The molecule has 0 aromatic heterocycles. The Labute approximate surface area is 90.8 Å². The van der Waals surface area contributed by atoms with Crippen LogP contribution in [0.2, 0.25) is 0 Å². The van der Waals surface area contributed by atoms with Crippen molar-refractivity contribution in [2.75, 3.05) is 19.7 Å². The summed E-state index contributed by atoms with van der Waals surface area (Å²) >= 11 is 0. The Kier molecular flexibility index (Phi) is 2.98. The molecule has 15 heavy (non-hydrogen) atoms. The van der Waals surface area contributed by atoms with Gasteiger partial charge in [-0.15, -0.1) is 0 Å². The Hall–Kier alpha value is -0.610. The molecule has 1 amide bonds. The van der Waals surface area contributed by atoms with E-state index < -0.39 is 0 Å². The van der Waals surface area contributed by atoms with Crippen LogP contribution in [-0.4, -0.2) is 42.6 Å². The summed E-state index contributed by atoms with van der Waals surface area (Å²) in [6.45, 7) is 6.23. The minimum Gasteiger partial charge on any atom is -0.378 e. The first-order valence-corrected chi connectivity index (χ1v) is 5.79. The molecule has 0 unspecified atom stereocenters. The van der Waals surface area contributed by atoms with Gasteiger partial charge in [0.1, 0.15) is 0 Å². The van der Waals surface area contributed by atoms with Crippen molar-refractivity contribution in [1.82, 2.24) is 4.90 Å². The van der Waals surface area contributed by atoms with Gasteiger partial charge in [-0.05, 0) is 20.3 Å². The van der Waals surface area contributed by atoms with Gasteiger partial charge in [0.15, 0.2) is 0 Å². The summed E-state index contributed by atoms with van der Waals surface area (Å²) < 4.78 is 5.66. The van der Waals surface area contributed by atoms with Crippen LogP contribution in [0.4, 0.5) is 0 Å². The van der Waals surface area contributed by atoms with Crippen molar-refractivity contribution in [3.63, 3.8) is 0 Å². The number of rotatable bonds is 3. The Balaban J connectivity index is 1.89. The molecule has 2 heterocycles. The highest BCUT2D eigenvalue weighted by atomic mass is 16.5. The van der Waals surface area contributed by atoms with Crippen LogP contribution < -0.4 is 5.73 Å². The molecule has 4 heteroatoms. The van der Waals surface area contributed by atoms with Crippen LogP contribution in [-0.2, 0) is 9.53 Å². The fourth-order valence-electron chi connectivity index (χ4n) is 2.78. The van der Waals surface area contributed by atoms with Crippen molar-refractivity contribution < 1.29 is 9.53 Å². The van der Waals surface area contributed by atoms with Crippen molar-refractivity contribution >= 4 is 5.91 Å². The monoisotopic (exact) mass is 212 g/mol. The number of ether oxygens (including phenoxy) is 1. The highest BCUT2D eigenvalue weighted by Crippen LogP contribution is 2.42. The second kappa shape index (κ2) is 4.10. The molecule has 3 rings (SSSR count). The number of hydrogen-bond acceptors (Lipinski definition) is 3. The quantitative estimate of drug-likeness (QED) is 0.728. The van der Waals surface area contributed by atoms with Gasteiger partial charge in [-0.25, -0.2) is 0 Å². The molecule has 2 N–H and O–H groups in total. The van der Waals surface area contributed by atoms with Gasteiger partial charge in [-0.1, -0.05) is 0 Å². The van der Waals surface area contributed by atoms with E-state index in [1.165, 1.54) is 6.42 Å². The van der Waals surface area contributed by atoms with Crippen LogP contribution in [0.25, 0.3) is 0 Å². The molecule has 0 aromatic carbocycles. The third-order valence-corrected chi connectivity index (χ3v) is 3.50. The summed E-state index contributed by atoms with van der Waals surface area (Å²) in [6, 6.07) is -0.368. The number of fused-ring (bicyclic) bond motifs is 2. The number of carbonyl (C=O) groups is 1. The first-order valence-electron chi connectivity index (χ1n) is 5.79. The molecule has 2 bridgehead atoms. The summed E-state index contributed by atoms with van der Waals surface area (Å²) in [6.07, 6.45) is 1.61. The van der Waals surface area contributed by atoms with E-state index in [9.17, 15) is 4.79 Å². The first kappa shape index (κ1) is 10.9. The number of nitrogens with zero attached hydrogens (tertiary/aromatic N) is 1. The molecule has 4 nitrogen and oxygen atoms in total. The molecule has 1 aliphatic carbocycles. The van der Waals surface area contributed by atoms with Gasteiger partial charge >= 0.3 is 0 Å². The fraction of sp³-hybridized carbons (Fsp3) is 0.909. The van der Waals surface area contributed by atoms with E-state index in [0.29, 0.717) is 17.9 Å². The lowest BCUT2D eigenvalue weighted by Gasteiger charge is -2.53. The van der Waals surface area contributed by atoms with E-state index in [4.69, 9.17) is 10.5 Å². The SMILES string of the molecule is CCOC1[C@H]2C[C@H]1CN(C(=O)[C@@H](C)N)C2. The second-order valence-electron chi connectivity index (χ2n) is 4.71. The predicted molar refractivity (Wildman–Crippen MR) is 57.2 cm³/mol. The van der Waals surface area contributed by atoms with E-state index >= 15 is 0 Å². The van der Waals surface area contributed by atoms with Gasteiger partial charge in [-0.3, -0.25) is 4.79 Å². The highest BCUT2D eigenvalue weighted by Gasteiger charge is 2.48. The van der Waals surface area contributed by atoms with Crippen LogP contribution in [0.3, 0.4) is 0 Å². The number of hydrogen-bond donors (Lipinski definition) is 1. The van der Waals surface area contributed by atoms with Gasteiger partial charge in [-0.2, -0.15) is 0 Å². The molecular formula is C11H20N2O2. The molecule has 3 atom stereocenters. The summed E-state index contributed by atoms with van der Waals surface area (Å²) in [5.41, 5.74) is 5.60. The average molecular weight is 212 g/mol. The van der Waals surface area contributed by atoms with E-state index in [0.717, 1.165) is 19.7 Å². The number of carbonyl (C=O) groups excluding carboxylic acids is 1.